The molecule has 28 heavy (non-hydrogen) atoms. The molecule has 0 amide bonds. The summed E-state index contributed by atoms with van der Waals surface area (Å²) >= 11 is 3.24. The van der Waals surface area contributed by atoms with Crippen molar-refractivity contribution in [3.05, 3.63) is 96.9 Å². The van der Waals surface area contributed by atoms with E-state index in [1.807, 2.05) is 6.07 Å². The predicted octanol–water partition coefficient (Wildman–Crippen LogP) is 4.77. The smallest absolute Gasteiger partial charge is 0.266 e. The molecule has 1 N–H and O–H groups in total. The number of hydrogen-bond donors (Lipinski definition) is 1. The van der Waals surface area contributed by atoms with E-state index in [0.29, 0.717) is 23.2 Å². The second-order valence-corrected chi connectivity index (χ2v) is 7.01. The first-order valence-corrected chi connectivity index (χ1v) is 9.15. The molecule has 0 aliphatic carbocycles. The summed E-state index contributed by atoms with van der Waals surface area (Å²) < 4.78 is 33.0. The molecule has 3 aromatic rings. The van der Waals surface area contributed by atoms with Gasteiger partial charge >= 0.3 is 0 Å². The van der Waals surface area contributed by atoms with Gasteiger partial charge in [0.2, 0.25) is 0 Å². The number of aromatic nitrogens is 1. The quantitative estimate of drug-likeness (QED) is 0.616. The van der Waals surface area contributed by atoms with Gasteiger partial charge in [-0.05, 0) is 52.7 Å². The molecule has 0 spiro atoms. The number of benzene rings is 2. The fraction of sp³-hybridized carbons (Fsp3) is 0.143. The van der Waals surface area contributed by atoms with Crippen molar-refractivity contribution in [2.24, 2.45) is 0 Å². The highest BCUT2D eigenvalue weighted by molar-refractivity contribution is 9.10. The van der Waals surface area contributed by atoms with Crippen molar-refractivity contribution in [2.45, 2.75) is 20.0 Å². The van der Waals surface area contributed by atoms with Gasteiger partial charge in [-0.3, -0.25) is 4.79 Å². The summed E-state index contributed by atoms with van der Waals surface area (Å²) in [7, 11) is 0. The van der Waals surface area contributed by atoms with Gasteiger partial charge in [-0.25, -0.2) is 8.78 Å². The SMILES string of the molecule is Cc1[nH]c(=O)c(Br)c(OCc2ccc(F)cc2F)c1Cc1cccc(C#N)c1. The van der Waals surface area contributed by atoms with Gasteiger partial charge in [-0.2, -0.15) is 5.26 Å². The van der Waals surface area contributed by atoms with Gasteiger partial charge in [0.25, 0.3) is 5.56 Å². The first kappa shape index (κ1) is 19.8. The molecule has 4 nitrogen and oxygen atoms in total. The van der Waals surface area contributed by atoms with Crippen molar-refractivity contribution < 1.29 is 13.5 Å². The molecule has 0 fully saturated rings. The molecule has 3 rings (SSSR count). The fourth-order valence-corrected chi connectivity index (χ4v) is 3.27. The van der Waals surface area contributed by atoms with Crippen LogP contribution in [0, 0.1) is 29.9 Å². The normalized spacial score (nSPS) is 10.5. The van der Waals surface area contributed by atoms with Gasteiger partial charge in [-0.15, -0.1) is 0 Å². The Balaban J connectivity index is 1.97. The Kier molecular flexibility index (Phi) is 5.90. The van der Waals surface area contributed by atoms with Gasteiger partial charge in [-0.1, -0.05) is 12.1 Å². The van der Waals surface area contributed by atoms with E-state index in [4.69, 9.17) is 10.00 Å². The molecule has 0 aliphatic rings. The minimum absolute atomic E-state index is 0.168. The van der Waals surface area contributed by atoms with Crippen LogP contribution in [0.15, 0.2) is 51.7 Å². The summed E-state index contributed by atoms with van der Waals surface area (Å²) in [5.41, 5.74) is 2.48. The first-order chi connectivity index (χ1) is 13.4. The summed E-state index contributed by atoms with van der Waals surface area (Å²) in [4.78, 5) is 14.9. The zero-order valence-electron chi connectivity index (χ0n) is 14.9. The second-order valence-electron chi connectivity index (χ2n) is 6.21. The van der Waals surface area contributed by atoms with Crippen LogP contribution in [0.3, 0.4) is 0 Å². The van der Waals surface area contributed by atoms with Crippen LogP contribution in [0.1, 0.15) is 27.9 Å². The average molecular weight is 445 g/mol. The van der Waals surface area contributed by atoms with E-state index in [1.165, 1.54) is 6.07 Å². The topological polar surface area (TPSA) is 65.9 Å². The average Bonchev–Trinajstić information content (AvgIpc) is 2.67. The number of nitrogens with one attached hydrogen (secondary N) is 1. The number of hydrogen-bond acceptors (Lipinski definition) is 3. The number of aryl methyl sites for hydroxylation is 1. The third kappa shape index (κ3) is 4.29. The lowest BCUT2D eigenvalue weighted by Gasteiger charge is -2.16. The van der Waals surface area contributed by atoms with Crippen LogP contribution in [-0.2, 0) is 13.0 Å². The van der Waals surface area contributed by atoms with Gasteiger partial charge in [0.1, 0.15) is 28.5 Å². The van der Waals surface area contributed by atoms with Crippen molar-refractivity contribution in [3.63, 3.8) is 0 Å². The van der Waals surface area contributed by atoms with E-state index in [2.05, 4.69) is 27.0 Å². The zero-order valence-corrected chi connectivity index (χ0v) is 16.4. The van der Waals surface area contributed by atoms with E-state index < -0.39 is 11.6 Å². The monoisotopic (exact) mass is 444 g/mol. The maximum atomic E-state index is 13.9. The number of pyridine rings is 1. The summed E-state index contributed by atoms with van der Waals surface area (Å²) in [6.45, 7) is 1.57. The molecule has 0 saturated heterocycles. The molecular formula is C21H15BrF2N2O2. The molecule has 2 aromatic carbocycles. The third-order valence-corrected chi connectivity index (χ3v) is 4.97. The van der Waals surface area contributed by atoms with E-state index in [1.54, 1.807) is 25.1 Å². The molecule has 0 bridgehead atoms. The predicted molar refractivity (Wildman–Crippen MR) is 104 cm³/mol. The Bertz CT molecular complexity index is 1140. The Morgan fingerprint density at radius 3 is 2.71 bits per heavy atom. The van der Waals surface area contributed by atoms with Gasteiger partial charge in [0.05, 0.1) is 11.6 Å². The van der Waals surface area contributed by atoms with Gasteiger partial charge < -0.3 is 9.72 Å². The maximum Gasteiger partial charge on any atom is 0.266 e. The Labute approximate surface area is 168 Å². The van der Waals surface area contributed by atoms with Crippen molar-refractivity contribution >= 4 is 15.9 Å². The molecule has 0 saturated carbocycles. The van der Waals surface area contributed by atoms with Crippen LogP contribution in [0.25, 0.3) is 0 Å². The lowest BCUT2D eigenvalue weighted by molar-refractivity contribution is 0.293. The van der Waals surface area contributed by atoms with Crippen molar-refractivity contribution in [1.82, 2.24) is 4.98 Å². The first-order valence-electron chi connectivity index (χ1n) is 8.36. The molecule has 7 heteroatoms. The number of ether oxygens (including phenoxy) is 1. The number of aromatic amines is 1. The minimum Gasteiger partial charge on any atom is -0.487 e. The minimum atomic E-state index is -0.721. The van der Waals surface area contributed by atoms with E-state index in [9.17, 15) is 13.6 Å². The van der Waals surface area contributed by atoms with Gasteiger partial charge in [0, 0.05) is 29.3 Å². The summed E-state index contributed by atoms with van der Waals surface area (Å²) in [5, 5.41) is 9.08. The Hall–Kier alpha value is -2.98. The lowest BCUT2D eigenvalue weighted by atomic mass is 10.0. The molecule has 0 atom stereocenters. The molecule has 0 aliphatic heterocycles. The summed E-state index contributed by atoms with van der Waals surface area (Å²) in [6, 6.07) is 12.4. The standard InChI is InChI=1S/C21H15BrF2N2O2/c1-12-17(8-13-3-2-4-14(7-13)10-25)20(19(22)21(27)26-12)28-11-15-5-6-16(23)9-18(15)24/h2-7,9H,8,11H2,1H3,(H,26,27). The zero-order chi connectivity index (χ0) is 20.3. The summed E-state index contributed by atoms with van der Waals surface area (Å²) in [6.07, 6.45) is 0.401. The number of H-pyrrole nitrogens is 1. The molecule has 1 heterocycles. The lowest BCUT2D eigenvalue weighted by Crippen LogP contribution is -2.15. The van der Waals surface area contributed by atoms with Crippen molar-refractivity contribution in [1.29, 1.82) is 5.26 Å². The second kappa shape index (κ2) is 8.36. The molecule has 1 aromatic heterocycles. The van der Waals surface area contributed by atoms with E-state index in [-0.39, 0.29) is 28.0 Å². The largest absolute Gasteiger partial charge is 0.487 e. The van der Waals surface area contributed by atoms with Crippen LogP contribution in [0.5, 0.6) is 5.75 Å². The van der Waals surface area contributed by atoms with E-state index in [0.717, 1.165) is 17.7 Å². The van der Waals surface area contributed by atoms with Crippen LogP contribution in [0.2, 0.25) is 0 Å². The number of rotatable bonds is 5. The van der Waals surface area contributed by atoms with Crippen LogP contribution >= 0.6 is 15.9 Å². The molecular weight excluding hydrogens is 430 g/mol. The Morgan fingerprint density at radius 1 is 1.21 bits per heavy atom. The highest BCUT2D eigenvalue weighted by atomic mass is 79.9. The Morgan fingerprint density at radius 2 is 2.00 bits per heavy atom. The maximum absolute atomic E-state index is 13.9. The summed E-state index contributed by atoms with van der Waals surface area (Å²) in [5.74, 6) is -1.11. The van der Waals surface area contributed by atoms with Crippen LogP contribution in [0.4, 0.5) is 8.78 Å². The van der Waals surface area contributed by atoms with Crippen molar-refractivity contribution in [3.8, 4) is 11.8 Å². The number of nitrogens with zero attached hydrogens (tertiary/aromatic N) is 1. The highest BCUT2D eigenvalue weighted by Crippen LogP contribution is 2.31. The van der Waals surface area contributed by atoms with Gasteiger partial charge in [0.15, 0.2) is 0 Å². The number of halogens is 3. The molecule has 142 valence electrons. The highest BCUT2D eigenvalue weighted by Gasteiger charge is 2.17. The molecule has 0 unspecified atom stereocenters. The van der Waals surface area contributed by atoms with Crippen LogP contribution in [-0.4, -0.2) is 4.98 Å². The van der Waals surface area contributed by atoms with Crippen molar-refractivity contribution in [2.75, 3.05) is 0 Å². The third-order valence-electron chi connectivity index (χ3n) is 4.25. The van der Waals surface area contributed by atoms with Crippen LogP contribution < -0.4 is 10.3 Å². The van der Waals surface area contributed by atoms with E-state index >= 15 is 0 Å². The number of nitriles is 1. The molecule has 0 radical (unpaired) electrons. The fourth-order valence-electron chi connectivity index (χ4n) is 2.81.